The number of piperidine rings is 2. The minimum Gasteiger partial charge on any atom is -0.375 e. The van der Waals surface area contributed by atoms with E-state index < -0.39 is 0 Å². The van der Waals surface area contributed by atoms with Gasteiger partial charge in [-0.3, -0.25) is 14.4 Å². The van der Waals surface area contributed by atoms with Gasteiger partial charge in [0.25, 0.3) is 5.91 Å². The lowest BCUT2D eigenvalue weighted by molar-refractivity contribution is -0.143. The predicted octanol–water partition coefficient (Wildman–Crippen LogP) is 1.52. The van der Waals surface area contributed by atoms with Gasteiger partial charge in [-0.25, -0.2) is 0 Å². The van der Waals surface area contributed by atoms with Crippen LogP contribution in [0.25, 0.3) is 0 Å². The number of hydrogen-bond acceptors (Lipinski definition) is 4. The van der Waals surface area contributed by atoms with Crippen LogP contribution in [0.3, 0.4) is 0 Å². The van der Waals surface area contributed by atoms with Gasteiger partial charge in [-0.15, -0.1) is 0 Å². The number of carbonyl (C=O) groups excluding carboxylic acids is 3. The second-order valence-corrected chi connectivity index (χ2v) is 8.23. The third kappa shape index (κ3) is 4.01. The van der Waals surface area contributed by atoms with Gasteiger partial charge in [0.2, 0.25) is 11.8 Å². The van der Waals surface area contributed by atoms with Crippen molar-refractivity contribution >= 4 is 17.7 Å². The maximum atomic E-state index is 12.9. The van der Waals surface area contributed by atoms with Crippen molar-refractivity contribution in [2.75, 3.05) is 39.9 Å². The van der Waals surface area contributed by atoms with Crippen LogP contribution in [0, 0.1) is 5.92 Å². The third-order valence-electron chi connectivity index (χ3n) is 6.53. The number of ether oxygens (including phenoxy) is 1. The second kappa shape index (κ2) is 8.53. The van der Waals surface area contributed by atoms with E-state index >= 15 is 0 Å². The number of likely N-dealkylation sites (tertiary alicyclic amines) is 2. The van der Waals surface area contributed by atoms with Gasteiger partial charge in [-0.2, -0.15) is 0 Å². The van der Waals surface area contributed by atoms with Gasteiger partial charge in [0.15, 0.2) is 0 Å². The van der Waals surface area contributed by atoms with Gasteiger partial charge in [0.05, 0.1) is 0 Å². The molecule has 0 bridgehead atoms. The molecule has 0 unspecified atom stereocenters. The van der Waals surface area contributed by atoms with Crippen molar-refractivity contribution in [3.8, 4) is 0 Å². The topological polar surface area (TPSA) is 70.2 Å². The van der Waals surface area contributed by atoms with E-state index in [2.05, 4.69) is 0 Å². The van der Waals surface area contributed by atoms with Gasteiger partial charge in [-0.1, -0.05) is 18.2 Å². The fraction of sp³-hybridized carbons (Fsp3) is 0.591. The molecule has 0 aliphatic carbocycles. The summed E-state index contributed by atoms with van der Waals surface area (Å²) in [4.78, 5) is 43.3. The highest BCUT2D eigenvalue weighted by atomic mass is 16.5. The minimum absolute atomic E-state index is 0.00387. The molecule has 7 nitrogen and oxygen atoms in total. The zero-order valence-corrected chi connectivity index (χ0v) is 17.0. The van der Waals surface area contributed by atoms with E-state index in [1.54, 1.807) is 4.90 Å². The Morgan fingerprint density at radius 2 is 1.66 bits per heavy atom. The molecule has 1 aromatic carbocycles. The van der Waals surface area contributed by atoms with Gasteiger partial charge >= 0.3 is 0 Å². The standard InChI is InChI=1S/C22H29N3O4/c1-29-15-20(26)23-10-6-16(7-11-23)21(27)24-12-8-18(9-13-24)25-14-17-4-2-3-5-19(17)22(25)28/h2-5,16,18H,6-15H2,1H3. The number of amides is 3. The number of benzene rings is 1. The van der Waals surface area contributed by atoms with Crippen LogP contribution in [0.2, 0.25) is 0 Å². The fourth-order valence-electron chi connectivity index (χ4n) is 4.82. The Bertz CT molecular complexity index is 780. The highest BCUT2D eigenvalue weighted by Crippen LogP contribution is 2.29. The highest BCUT2D eigenvalue weighted by molar-refractivity contribution is 5.98. The Kier molecular flexibility index (Phi) is 5.85. The molecule has 4 rings (SSSR count). The summed E-state index contributed by atoms with van der Waals surface area (Å²) in [7, 11) is 1.52. The Balaban J connectivity index is 1.27. The first-order chi connectivity index (χ1) is 14.1. The first-order valence-corrected chi connectivity index (χ1v) is 10.5. The molecule has 7 heteroatoms. The number of hydrogen-bond donors (Lipinski definition) is 0. The average molecular weight is 399 g/mol. The molecule has 2 fully saturated rings. The number of carbonyl (C=O) groups is 3. The molecule has 0 spiro atoms. The molecule has 0 radical (unpaired) electrons. The molecule has 156 valence electrons. The molecule has 2 saturated heterocycles. The van der Waals surface area contributed by atoms with Crippen molar-refractivity contribution in [3.63, 3.8) is 0 Å². The minimum atomic E-state index is -0.00418. The van der Waals surface area contributed by atoms with Crippen molar-refractivity contribution in [1.29, 1.82) is 0 Å². The lowest BCUT2D eigenvalue weighted by Crippen LogP contribution is -2.50. The maximum Gasteiger partial charge on any atom is 0.254 e. The molecule has 0 atom stereocenters. The van der Waals surface area contributed by atoms with Gasteiger partial charge in [0.1, 0.15) is 6.61 Å². The van der Waals surface area contributed by atoms with Crippen molar-refractivity contribution in [3.05, 3.63) is 35.4 Å². The molecule has 0 N–H and O–H groups in total. The molecule has 0 aromatic heterocycles. The summed E-state index contributed by atoms with van der Waals surface area (Å²) >= 11 is 0. The van der Waals surface area contributed by atoms with E-state index in [9.17, 15) is 14.4 Å². The molecule has 1 aromatic rings. The summed E-state index contributed by atoms with van der Waals surface area (Å²) in [6.07, 6.45) is 3.09. The van der Waals surface area contributed by atoms with Crippen LogP contribution >= 0.6 is 0 Å². The molecular formula is C22H29N3O4. The van der Waals surface area contributed by atoms with Crippen LogP contribution in [-0.2, 0) is 20.9 Å². The van der Waals surface area contributed by atoms with E-state index in [0.29, 0.717) is 45.6 Å². The summed E-state index contributed by atoms with van der Waals surface area (Å²) in [6, 6.07) is 8.02. The van der Waals surface area contributed by atoms with E-state index in [1.807, 2.05) is 34.1 Å². The molecule has 3 amide bonds. The predicted molar refractivity (Wildman–Crippen MR) is 107 cm³/mol. The number of nitrogens with zero attached hydrogens (tertiary/aromatic N) is 3. The maximum absolute atomic E-state index is 12.9. The monoisotopic (exact) mass is 399 g/mol. The number of methoxy groups -OCH3 is 1. The quantitative estimate of drug-likeness (QED) is 0.770. The summed E-state index contributed by atoms with van der Waals surface area (Å²) in [6.45, 7) is 3.43. The summed E-state index contributed by atoms with van der Waals surface area (Å²) in [5, 5.41) is 0. The van der Waals surface area contributed by atoms with E-state index in [4.69, 9.17) is 4.74 Å². The molecule has 0 saturated carbocycles. The van der Waals surface area contributed by atoms with Crippen molar-refractivity contribution in [2.45, 2.75) is 38.3 Å². The molecular weight excluding hydrogens is 370 g/mol. The Labute approximate surface area is 171 Å². The lowest BCUT2D eigenvalue weighted by Gasteiger charge is -2.39. The van der Waals surface area contributed by atoms with Crippen molar-refractivity contribution in [1.82, 2.24) is 14.7 Å². The third-order valence-corrected chi connectivity index (χ3v) is 6.53. The molecule has 29 heavy (non-hydrogen) atoms. The van der Waals surface area contributed by atoms with Crippen LogP contribution < -0.4 is 0 Å². The molecule has 3 heterocycles. The lowest BCUT2D eigenvalue weighted by atomic mass is 9.93. The Morgan fingerprint density at radius 3 is 2.31 bits per heavy atom. The summed E-state index contributed by atoms with van der Waals surface area (Å²) < 4.78 is 4.91. The smallest absolute Gasteiger partial charge is 0.254 e. The fourth-order valence-corrected chi connectivity index (χ4v) is 4.82. The van der Waals surface area contributed by atoms with Crippen LogP contribution in [0.4, 0.5) is 0 Å². The largest absolute Gasteiger partial charge is 0.375 e. The van der Waals surface area contributed by atoms with Crippen LogP contribution in [-0.4, -0.2) is 78.4 Å². The number of fused-ring (bicyclic) bond motifs is 1. The zero-order chi connectivity index (χ0) is 20.4. The molecule has 3 aliphatic rings. The van der Waals surface area contributed by atoms with E-state index in [1.165, 1.54) is 7.11 Å². The number of rotatable bonds is 4. The first-order valence-electron chi connectivity index (χ1n) is 10.5. The van der Waals surface area contributed by atoms with Gasteiger partial charge in [-0.05, 0) is 37.3 Å². The second-order valence-electron chi connectivity index (χ2n) is 8.23. The van der Waals surface area contributed by atoms with Crippen LogP contribution in [0.15, 0.2) is 24.3 Å². The summed E-state index contributed by atoms with van der Waals surface area (Å²) in [5.74, 6) is 0.322. The summed E-state index contributed by atoms with van der Waals surface area (Å²) in [5.41, 5.74) is 1.92. The Morgan fingerprint density at radius 1 is 1.00 bits per heavy atom. The average Bonchev–Trinajstić information content (AvgIpc) is 3.10. The zero-order valence-electron chi connectivity index (χ0n) is 17.0. The van der Waals surface area contributed by atoms with E-state index in [0.717, 1.165) is 24.0 Å². The van der Waals surface area contributed by atoms with E-state index in [-0.39, 0.29) is 36.3 Å². The SMILES string of the molecule is COCC(=O)N1CCC(C(=O)N2CCC(N3Cc4ccccc4C3=O)CC2)CC1. The van der Waals surface area contributed by atoms with Crippen LogP contribution in [0.5, 0.6) is 0 Å². The van der Waals surface area contributed by atoms with Crippen LogP contribution in [0.1, 0.15) is 41.6 Å². The Hall–Kier alpha value is -2.41. The van der Waals surface area contributed by atoms with Crippen molar-refractivity contribution in [2.24, 2.45) is 5.92 Å². The van der Waals surface area contributed by atoms with Crippen molar-refractivity contribution < 1.29 is 19.1 Å². The van der Waals surface area contributed by atoms with Gasteiger partial charge < -0.3 is 19.4 Å². The first kappa shape index (κ1) is 19.9. The van der Waals surface area contributed by atoms with Gasteiger partial charge in [0, 0.05) is 57.4 Å². The normalized spacial score (nSPS) is 20.9. The molecule has 3 aliphatic heterocycles. The highest BCUT2D eigenvalue weighted by Gasteiger charge is 2.36.